The third kappa shape index (κ3) is 2.13. The molecule has 1 fully saturated rings. The van der Waals surface area contributed by atoms with E-state index in [-0.39, 0.29) is 0 Å². The van der Waals surface area contributed by atoms with Gasteiger partial charge in [-0.25, -0.2) is 0 Å². The van der Waals surface area contributed by atoms with Crippen LogP contribution >= 0.6 is 0 Å². The van der Waals surface area contributed by atoms with Gasteiger partial charge in [0.2, 0.25) is 0 Å². The van der Waals surface area contributed by atoms with E-state index in [1.807, 2.05) is 20.0 Å². The van der Waals surface area contributed by atoms with Gasteiger partial charge in [0.05, 0.1) is 17.4 Å². The summed E-state index contributed by atoms with van der Waals surface area (Å²) in [4.78, 5) is 0. The standard InChI is InChI=1S/C12H20N2O2/c1-9-7-10(14(2)13-9)8-11(15)12(16)5-3-4-6-12/h7,11,15-16H,3-6,8H2,1-2H3. The Balaban J connectivity index is 2.07. The lowest BCUT2D eigenvalue weighted by Crippen LogP contribution is -2.41. The molecule has 0 aromatic carbocycles. The van der Waals surface area contributed by atoms with Crippen molar-refractivity contribution in [3.8, 4) is 0 Å². The third-order valence-corrected chi connectivity index (χ3v) is 3.59. The first kappa shape index (κ1) is 11.6. The van der Waals surface area contributed by atoms with Crippen LogP contribution in [-0.2, 0) is 13.5 Å². The zero-order valence-corrected chi connectivity index (χ0v) is 9.98. The number of hydrogen-bond donors (Lipinski definition) is 2. The van der Waals surface area contributed by atoms with Gasteiger partial charge in [-0.05, 0) is 25.8 Å². The Bertz CT molecular complexity index is 367. The minimum Gasteiger partial charge on any atom is -0.390 e. The molecule has 90 valence electrons. The number of nitrogens with zero attached hydrogens (tertiary/aromatic N) is 2. The molecule has 0 radical (unpaired) electrons. The fourth-order valence-corrected chi connectivity index (χ4v) is 2.56. The van der Waals surface area contributed by atoms with Crippen LogP contribution in [0.3, 0.4) is 0 Å². The first-order valence-corrected chi connectivity index (χ1v) is 5.91. The molecule has 0 bridgehead atoms. The minimum absolute atomic E-state index is 0.480. The lowest BCUT2D eigenvalue weighted by atomic mass is 9.91. The highest BCUT2D eigenvalue weighted by Gasteiger charge is 2.38. The van der Waals surface area contributed by atoms with E-state index >= 15 is 0 Å². The normalized spacial score (nSPS) is 21.2. The SMILES string of the molecule is Cc1cc(CC(O)C2(O)CCCC2)n(C)n1. The van der Waals surface area contributed by atoms with Crippen LogP contribution in [0.1, 0.15) is 37.1 Å². The Morgan fingerprint density at radius 3 is 2.62 bits per heavy atom. The summed E-state index contributed by atoms with van der Waals surface area (Å²) < 4.78 is 1.77. The summed E-state index contributed by atoms with van der Waals surface area (Å²) in [6.07, 6.45) is 3.25. The summed E-state index contributed by atoms with van der Waals surface area (Å²) in [5, 5.41) is 24.6. The molecule has 1 heterocycles. The van der Waals surface area contributed by atoms with Gasteiger partial charge in [0, 0.05) is 19.2 Å². The van der Waals surface area contributed by atoms with Crippen molar-refractivity contribution < 1.29 is 10.2 Å². The van der Waals surface area contributed by atoms with E-state index in [9.17, 15) is 10.2 Å². The molecule has 1 unspecified atom stereocenters. The molecule has 0 spiro atoms. The Kier molecular flexibility index (Phi) is 3.04. The quantitative estimate of drug-likeness (QED) is 0.803. The Labute approximate surface area is 95.9 Å². The number of aromatic nitrogens is 2. The molecule has 16 heavy (non-hydrogen) atoms. The van der Waals surface area contributed by atoms with Crippen molar-refractivity contribution in [2.24, 2.45) is 7.05 Å². The van der Waals surface area contributed by atoms with Gasteiger partial charge < -0.3 is 10.2 Å². The molecule has 1 aliphatic carbocycles. The van der Waals surface area contributed by atoms with E-state index in [2.05, 4.69) is 5.10 Å². The summed E-state index contributed by atoms with van der Waals surface area (Å²) >= 11 is 0. The van der Waals surface area contributed by atoms with Crippen LogP contribution in [0.5, 0.6) is 0 Å². The van der Waals surface area contributed by atoms with Crippen LogP contribution < -0.4 is 0 Å². The summed E-state index contributed by atoms with van der Waals surface area (Å²) in [5.74, 6) is 0. The maximum absolute atomic E-state index is 10.2. The van der Waals surface area contributed by atoms with Crippen molar-refractivity contribution in [1.29, 1.82) is 0 Å². The Morgan fingerprint density at radius 1 is 1.50 bits per heavy atom. The topological polar surface area (TPSA) is 58.3 Å². The van der Waals surface area contributed by atoms with Crippen molar-refractivity contribution in [2.45, 2.75) is 50.7 Å². The largest absolute Gasteiger partial charge is 0.390 e. The van der Waals surface area contributed by atoms with Gasteiger partial charge in [0.1, 0.15) is 0 Å². The average molecular weight is 224 g/mol. The second-order valence-corrected chi connectivity index (χ2v) is 4.93. The van der Waals surface area contributed by atoms with Gasteiger partial charge in [0.15, 0.2) is 0 Å². The highest BCUT2D eigenvalue weighted by atomic mass is 16.3. The van der Waals surface area contributed by atoms with E-state index in [1.165, 1.54) is 0 Å². The van der Waals surface area contributed by atoms with Gasteiger partial charge in [0.25, 0.3) is 0 Å². The van der Waals surface area contributed by atoms with Crippen molar-refractivity contribution in [1.82, 2.24) is 9.78 Å². The molecule has 4 heteroatoms. The van der Waals surface area contributed by atoms with Crippen LogP contribution in [0.15, 0.2) is 6.07 Å². The number of aliphatic hydroxyl groups excluding tert-OH is 1. The summed E-state index contributed by atoms with van der Waals surface area (Å²) in [7, 11) is 1.87. The fourth-order valence-electron chi connectivity index (χ4n) is 2.56. The monoisotopic (exact) mass is 224 g/mol. The highest BCUT2D eigenvalue weighted by molar-refractivity contribution is 5.11. The van der Waals surface area contributed by atoms with Crippen molar-refractivity contribution in [3.05, 3.63) is 17.5 Å². The van der Waals surface area contributed by atoms with Crippen LogP contribution in [0, 0.1) is 6.92 Å². The minimum atomic E-state index is -0.877. The van der Waals surface area contributed by atoms with E-state index in [0.29, 0.717) is 19.3 Å². The molecule has 1 aliphatic rings. The predicted octanol–water partition coefficient (Wildman–Crippen LogP) is 0.937. The first-order valence-electron chi connectivity index (χ1n) is 5.91. The molecule has 2 N–H and O–H groups in total. The van der Waals surface area contributed by atoms with Crippen molar-refractivity contribution in [3.63, 3.8) is 0 Å². The maximum Gasteiger partial charge on any atom is 0.0909 e. The Hall–Kier alpha value is -0.870. The van der Waals surface area contributed by atoms with E-state index in [4.69, 9.17) is 0 Å². The molecule has 2 rings (SSSR count). The molecule has 0 amide bonds. The smallest absolute Gasteiger partial charge is 0.0909 e. The van der Waals surface area contributed by atoms with E-state index < -0.39 is 11.7 Å². The van der Waals surface area contributed by atoms with Crippen molar-refractivity contribution in [2.75, 3.05) is 0 Å². The molecule has 0 aliphatic heterocycles. The summed E-state index contributed by atoms with van der Waals surface area (Å²) in [6.45, 7) is 1.93. The molecule has 1 aromatic heterocycles. The van der Waals surface area contributed by atoms with Gasteiger partial charge in [-0.1, -0.05) is 12.8 Å². The van der Waals surface area contributed by atoms with E-state index in [1.54, 1.807) is 4.68 Å². The van der Waals surface area contributed by atoms with E-state index in [0.717, 1.165) is 24.2 Å². The zero-order valence-electron chi connectivity index (χ0n) is 9.98. The van der Waals surface area contributed by atoms with Gasteiger partial charge in [-0.15, -0.1) is 0 Å². The van der Waals surface area contributed by atoms with Gasteiger partial charge >= 0.3 is 0 Å². The molecular weight excluding hydrogens is 204 g/mol. The maximum atomic E-state index is 10.2. The fraction of sp³-hybridized carbons (Fsp3) is 0.750. The number of rotatable bonds is 3. The number of aryl methyl sites for hydroxylation is 2. The van der Waals surface area contributed by atoms with Crippen LogP contribution in [0.2, 0.25) is 0 Å². The number of aliphatic hydroxyl groups is 2. The van der Waals surface area contributed by atoms with Gasteiger partial charge in [-0.3, -0.25) is 4.68 Å². The molecule has 1 atom stereocenters. The highest BCUT2D eigenvalue weighted by Crippen LogP contribution is 2.33. The first-order chi connectivity index (χ1) is 7.51. The summed E-state index contributed by atoms with van der Waals surface area (Å²) in [6, 6.07) is 1.96. The zero-order chi connectivity index (χ0) is 11.8. The molecule has 1 saturated carbocycles. The summed E-state index contributed by atoms with van der Waals surface area (Å²) in [5.41, 5.74) is 1.05. The lowest BCUT2D eigenvalue weighted by molar-refractivity contribution is -0.0695. The second-order valence-electron chi connectivity index (χ2n) is 4.93. The lowest BCUT2D eigenvalue weighted by Gasteiger charge is -2.28. The molecular formula is C12H20N2O2. The molecule has 0 saturated heterocycles. The van der Waals surface area contributed by atoms with Crippen LogP contribution in [0.4, 0.5) is 0 Å². The predicted molar refractivity (Wildman–Crippen MR) is 61.1 cm³/mol. The molecule has 1 aromatic rings. The van der Waals surface area contributed by atoms with Crippen molar-refractivity contribution >= 4 is 0 Å². The average Bonchev–Trinajstić information content (AvgIpc) is 2.75. The second kappa shape index (κ2) is 4.18. The van der Waals surface area contributed by atoms with Crippen LogP contribution in [-0.4, -0.2) is 31.7 Å². The third-order valence-electron chi connectivity index (χ3n) is 3.59. The Morgan fingerprint density at radius 2 is 2.12 bits per heavy atom. The molecule has 4 nitrogen and oxygen atoms in total. The number of hydrogen-bond acceptors (Lipinski definition) is 3. The van der Waals surface area contributed by atoms with Gasteiger partial charge in [-0.2, -0.15) is 5.10 Å². The van der Waals surface area contributed by atoms with Crippen LogP contribution in [0.25, 0.3) is 0 Å².